The molecule has 0 aromatic carbocycles. The molecule has 1 aromatic heterocycles. The number of amides is 1. The zero-order valence-corrected chi connectivity index (χ0v) is 14.6. The van der Waals surface area contributed by atoms with E-state index in [0.29, 0.717) is 24.8 Å². The van der Waals surface area contributed by atoms with Crippen LogP contribution in [-0.4, -0.2) is 30.7 Å². The van der Waals surface area contributed by atoms with Crippen LogP contribution in [0.2, 0.25) is 0 Å². The van der Waals surface area contributed by atoms with Gasteiger partial charge in [-0.05, 0) is 58.0 Å². The number of hydrogen-bond donors (Lipinski definition) is 2. The van der Waals surface area contributed by atoms with Crippen LogP contribution in [0.4, 0.5) is 0 Å². The summed E-state index contributed by atoms with van der Waals surface area (Å²) < 4.78 is 5.13. The van der Waals surface area contributed by atoms with E-state index in [1.807, 2.05) is 13.8 Å². The lowest BCUT2D eigenvalue weighted by molar-refractivity contribution is -0.122. The van der Waals surface area contributed by atoms with Gasteiger partial charge in [0.05, 0.1) is 5.69 Å². The molecular weight excluding hydrogens is 302 g/mol. The third kappa shape index (κ3) is 5.29. The van der Waals surface area contributed by atoms with E-state index < -0.39 is 0 Å². The average Bonchev–Trinajstić information content (AvgIpc) is 2.80. The Hall–Kier alpha value is -1.07. The van der Waals surface area contributed by atoms with E-state index in [0.717, 1.165) is 36.5 Å². The third-order valence-corrected chi connectivity index (χ3v) is 4.53. The van der Waals surface area contributed by atoms with E-state index in [4.69, 9.17) is 4.52 Å². The van der Waals surface area contributed by atoms with Crippen molar-refractivity contribution in [1.29, 1.82) is 0 Å². The smallest absolute Gasteiger partial charge is 0.220 e. The van der Waals surface area contributed by atoms with Gasteiger partial charge in [-0.25, -0.2) is 0 Å². The molecule has 0 radical (unpaired) electrons. The lowest BCUT2D eigenvalue weighted by Gasteiger charge is -2.28. The van der Waals surface area contributed by atoms with E-state index >= 15 is 0 Å². The fraction of sp³-hybridized carbons (Fsp3) is 0.750. The molecule has 1 fully saturated rings. The van der Waals surface area contributed by atoms with Gasteiger partial charge < -0.3 is 15.2 Å². The highest BCUT2D eigenvalue weighted by Crippen LogP contribution is 2.22. The molecule has 2 N–H and O–H groups in total. The first-order chi connectivity index (χ1) is 10.1. The normalized spacial score (nSPS) is 19.3. The molecule has 1 aliphatic heterocycles. The number of nitrogens with zero attached hydrogens (tertiary/aromatic N) is 1. The van der Waals surface area contributed by atoms with E-state index in [1.165, 1.54) is 12.8 Å². The largest absolute Gasteiger partial charge is 0.361 e. The summed E-state index contributed by atoms with van der Waals surface area (Å²) in [5.74, 6) is 2.08. The zero-order valence-electron chi connectivity index (χ0n) is 13.8. The van der Waals surface area contributed by atoms with Crippen LogP contribution in [0.5, 0.6) is 0 Å². The van der Waals surface area contributed by atoms with Crippen LogP contribution in [0.15, 0.2) is 4.52 Å². The highest BCUT2D eigenvalue weighted by molar-refractivity contribution is 5.85. The molecule has 1 saturated heterocycles. The van der Waals surface area contributed by atoms with Crippen molar-refractivity contribution in [2.45, 2.75) is 46.5 Å². The molecule has 2 unspecified atom stereocenters. The molecule has 126 valence electrons. The fourth-order valence-electron chi connectivity index (χ4n) is 3.08. The molecule has 1 amide bonds. The van der Waals surface area contributed by atoms with Gasteiger partial charge in [0.2, 0.25) is 5.91 Å². The molecule has 0 aliphatic carbocycles. The minimum absolute atomic E-state index is 0. The second kappa shape index (κ2) is 9.16. The first-order valence-electron chi connectivity index (χ1n) is 7.97. The minimum atomic E-state index is 0. The number of hydrogen-bond acceptors (Lipinski definition) is 4. The van der Waals surface area contributed by atoms with Crippen LogP contribution >= 0.6 is 12.4 Å². The second-order valence-corrected chi connectivity index (χ2v) is 6.19. The van der Waals surface area contributed by atoms with Crippen molar-refractivity contribution in [3.63, 3.8) is 0 Å². The summed E-state index contributed by atoms with van der Waals surface area (Å²) in [6.45, 7) is 8.85. The maximum atomic E-state index is 12.0. The first kappa shape index (κ1) is 19.0. The lowest BCUT2D eigenvalue weighted by atomic mass is 9.85. The zero-order chi connectivity index (χ0) is 15.2. The van der Waals surface area contributed by atoms with Crippen LogP contribution < -0.4 is 10.6 Å². The summed E-state index contributed by atoms with van der Waals surface area (Å²) in [6, 6.07) is 0. The van der Waals surface area contributed by atoms with E-state index in [2.05, 4.69) is 22.7 Å². The van der Waals surface area contributed by atoms with Crippen molar-refractivity contribution in [2.75, 3.05) is 19.6 Å². The topological polar surface area (TPSA) is 67.2 Å². The molecule has 5 nitrogen and oxygen atoms in total. The molecule has 2 atom stereocenters. The molecule has 2 heterocycles. The summed E-state index contributed by atoms with van der Waals surface area (Å²) in [5.41, 5.74) is 2.03. The van der Waals surface area contributed by atoms with Gasteiger partial charge in [0.25, 0.3) is 0 Å². The number of rotatable bonds is 6. The summed E-state index contributed by atoms with van der Waals surface area (Å²) in [7, 11) is 0. The Morgan fingerprint density at radius 1 is 1.50 bits per heavy atom. The van der Waals surface area contributed by atoms with Crippen molar-refractivity contribution >= 4 is 18.3 Å². The summed E-state index contributed by atoms with van der Waals surface area (Å²) >= 11 is 0. The Balaban J connectivity index is 0.00000242. The van der Waals surface area contributed by atoms with Gasteiger partial charge in [-0.2, -0.15) is 0 Å². The summed E-state index contributed by atoms with van der Waals surface area (Å²) in [5, 5.41) is 10.4. The highest BCUT2D eigenvalue weighted by Gasteiger charge is 2.21. The molecule has 22 heavy (non-hydrogen) atoms. The molecule has 0 bridgehead atoms. The third-order valence-electron chi connectivity index (χ3n) is 4.53. The Kier molecular flexibility index (Phi) is 7.90. The molecule has 6 heteroatoms. The Bertz CT molecular complexity index is 450. The van der Waals surface area contributed by atoms with Gasteiger partial charge in [-0.3, -0.25) is 4.79 Å². The SMILES string of the molecule is Cc1noc(C)c1CCNC(=O)CC(C)C1CCCNC1.Cl. The second-order valence-electron chi connectivity index (χ2n) is 6.19. The van der Waals surface area contributed by atoms with Crippen molar-refractivity contribution in [1.82, 2.24) is 15.8 Å². The number of carbonyl (C=O) groups excluding carboxylic acids is 1. The van der Waals surface area contributed by atoms with Crippen molar-refractivity contribution in [2.24, 2.45) is 11.8 Å². The standard InChI is InChI=1S/C16H27N3O2.ClH/c1-11(14-5-4-7-17-10-14)9-16(20)18-8-6-15-12(2)19-21-13(15)3;/h11,14,17H,4-10H2,1-3H3,(H,18,20);1H. The van der Waals surface area contributed by atoms with Gasteiger partial charge in [0.1, 0.15) is 5.76 Å². The van der Waals surface area contributed by atoms with Crippen LogP contribution in [0, 0.1) is 25.7 Å². The predicted molar refractivity (Wildman–Crippen MR) is 89.3 cm³/mol. The Morgan fingerprint density at radius 3 is 2.86 bits per heavy atom. The van der Waals surface area contributed by atoms with Crippen LogP contribution in [0.25, 0.3) is 0 Å². The molecule has 0 spiro atoms. The maximum absolute atomic E-state index is 12.0. The minimum Gasteiger partial charge on any atom is -0.361 e. The van der Waals surface area contributed by atoms with Crippen LogP contribution in [0.1, 0.15) is 43.2 Å². The van der Waals surface area contributed by atoms with Crippen molar-refractivity contribution < 1.29 is 9.32 Å². The van der Waals surface area contributed by atoms with Gasteiger partial charge in [-0.15, -0.1) is 12.4 Å². The van der Waals surface area contributed by atoms with Gasteiger partial charge >= 0.3 is 0 Å². The number of carbonyl (C=O) groups is 1. The van der Waals surface area contributed by atoms with E-state index in [1.54, 1.807) is 0 Å². The predicted octanol–water partition coefficient (Wildman–Crippen LogP) is 2.40. The monoisotopic (exact) mass is 329 g/mol. The number of halogens is 1. The van der Waals surface area contributed by atoms with E-state index in [-0.39, 0.29) is 18.3 Å². The van der Waals surface area contributed by atoms with E-state index in [9.17, 15) is 4.79 Å². The summed E-state index contributed by atoms with van der Waals surface area (Å²) in [6.07, 6.45) is 3.86. The van der Waals surface area contributed by atoms with Crippen molar-refractivity contribution in [3.8, 4) is 0 Å². The first-order valence-corrected chi connectivity index (χ1v) is 7.97. The number of piperidine rings is 1. The Labute approximate surface area is 139 Å². The van der Waals surface area contributed by atoms with Crippen molar-refractivity contribution in [3.05, 3.63) is 17.0 Å². The molecule has 1 aliphatic rings. The van der Waals surface area contributed by atoms with Gasteiger partial charge in [-0.1, -0.05) is 12.1 Å². The molecule has 2 rings (SSSR count). The van der Waals surface area contributed by atoms with Gasteiger partial charge in [0, 0.05) is 18.5 Å². The Morgan fingerprint density at radius 2 is 2.27 bits per heavy atom. The maximum Gasteiger partial charge on any atom is 0.220 e. The number of aromatic nitrogens is 1. The van der Waals surface area contributed by atoms with Gasteiger partial charge in [0.15, 0.2) is 0 Å². The quantitative estimate of drug-likeness (QED) is 0.841. The summed E-state index contributed by atoms with van der Waals surface area (Å²) in [4.78, 5) is 12.0. The number of aryl methyl sites for hydroxylation is 2. The number of nitrogens with one attached hydrogen (secondary N) is 2. The highest BCUT2D eigenvalue weighted by atomic mass is 35.5. The lowest BCUT2D eigenvalue weighted by Crippen LogP contribution is -2.36. The molecular formula is C16H28ClN3O2. The average molecular weight is 330 g/mol. The molecule has 0 saturated carbocycles. The van der Waals surface area contributed by atoms with Crippen LogP contribution in [-0.2, 0) is 11.2 Å². The van der Waals surface area contributed by atoms with Crippen LogP contribution in [0.3, 0.4) is 0 Å². The molecule has 1 aromatic rings. The fourth-order valence-corrected chi connectivity index (χ4v) is 3.08.